The van der Waals surface area contributed by atoms with Gasteiger partial charge in [0.15, 0.2) is 0 Å². The second-order valence-corrected chi connectivity index (χ2v) is 5.49. The molecule has 2 unspecified atom stereocenters. The second-order valence-electron chi connectivity index (χ2n) is 5.49. The summed E-state index contributed by atoms with van der Waals surface area (Å²) in [6, 6.07) is 11.9. The van der Waals surface area contributed by atoms with Gasteiger partial charge in [0.05, 0.1) is 0 Å². The summed E-state index contributed by atoms with van der Waals surface area (Å²) in [5.74, 6) is 0. The first-order chi connectivity index (χ1) is 9.19. The van der Waals surface area contributed by atoms with Gasteiger partial charge in [-0.05, 0) is 38.9 Å². The number of hydrogen-bond acceptors (Lipinski definition) is 2. The van der Waals surface area contributed by atoms with Crippen LogP contribution in [-0.4, -0.2) is 31.1 Å². The Hall–Kier alpha value is -0.860. The third-order valence-electron chi connectivity index (χ3n) is 3.77. The Kier molecular flexibility index (Phi) is 7.76. The van der Waals surface area contributed by atoms with Crippen LogP contribution >= 0.6 is 0 Å². The fraction of sp³-hybridized carbons (Fsp3) is 0.647. The predicted octanol–water partition coefficient (Wildman–Crippen LogP) is 3.85. The van der Waals surface area contributed by atoms with Crippen molar-refractivity contribution in [2.24, 2.45) is 0 Å². The number of benzene rings is 1. The van der Waals surface area contributed by atoms with E-state index in [9.17, 15) is 0 Å². The predicted molar refractivity (Wildman–Crippen MR) is 84.5 cm³/mol. The quantitative estimate of drug-likeness (QED) is 0.727. The van der Waals surface area contributed by atoms with Crippen molar-refractivity contribution in [3.8, 4) is 0 Å². The zero-order chi connectivity index (χ0) is 14.1. The summed E-state index contributed by atoms with van der Waals surface area (Å²) in [6.07, 6.45) is 3.70. The summed E-state index contributed by atoms with van der Waals surface area (Å²) in [5.41, 5.74) is 1.39. The molecule has 2 nitrogen and oxygen atoms in total. The van der Waals surface area contributed by atoms with Crippen molar-refractivity contribution >= 4 is 0 Å². The molecule has 0 aliphatic carbocycles. The molecule has 0 saturated heterocycles. The van der Waals surface area contributed by atoms with Crippen molar-refractivity contribution < 1.29 is 0 Å². The monoisotopic (exact) mass is 262 g/mol. The average Bonchev–Trinajstić information content (AvgIpc) is 2.44. The summed E-state index contributed by atoms with van der Waals surface area (Å²) >= 11 is 0. The molecule has 0 fully saturated rings. The highest BCUT2D eigenvalue weighted by Gasteiger charge is 2.16. The van der Waals surface area contributed by atoms with Crippen LogP contribution in [-0.2, 0) is 0 Å². The number of nitrogens with zero attached hydrogens (tertiary/aromatic N) is 1. The smallest absolute Gasteiger partial charge is 0.0449 e. The molecule has 108 valence electrons. The molecule has 0 radical (unpaired) electrons. The fourth-order valence-electron chi connectivity index (χ4n) is 2.40. The number of likely N-dealkylation sites (N-methyl/N-ethyl adjacent to an activating group) is 1. The second kappa shape index (κ2) is 9.11. The van der Waals surface area contributed by atoms with E-state index >= 15 is 0 Å². The molecule has 0 aliphatic rings. The Morgan fingerprint density at radius 2 is 1.79 bits per heavy atom. The molecule has 0 saturated carbocycles. The standard InChI is InChI=1S/C17H30N2/c1-5-10-15(3)19(4)14-17(18-13-6-2)16-11-8-7-9-12-16/h7-9,11-12,15,17-18H,5-6,10,13-14H2,1-4H3. The van der Waals surface area contributed by atoms with E-state index in [1.54, 1.807) is 0 Å². The highest BCUT2D eigenvalue weighted by Crippen LogP contribution is 2.16. The number of hydrogen-bond donors (Lipinski definition) is 1. The molecule has 0 aliphatic heterocycles. The van der Waals surface area contributed by atoms with Crippen molar-refractivity contribution in [3.05, 3.63) is 35.9 Å². The summed E-state index contributed by atoms with van der Waals surface area (Å²) < 4.78 is 0. The van der Waals surface area contributed by atoms with E-state index in [4.69, 9.17) is 0 Å². The summed E-state index contributed by atoms with van der Waals surface area (Å²) in [6.45, 7) is 8.96. The topological polar surface area (TPSA) is 15.3 Å². The van der Waals surface area contributed by atoms with E-state index in [-0.39, 0.29) is 0 Å². The van der Waals surface area contributed by atoms with Gasteiger partial charge in [-0.25, -0.2) is 0 Å². The first-order valence-corrected chi connectivity index (χ1v) is 7.67. The highest BCUT2D eigenvalue weighted by atomic mass is 15.1. The van der Waals surface area contributed by atoms with E-state index in [0.717, 1.165) is 13.1 Å². The van der Waals surface area contributed by atoms with Crippen LogP contribution in [0.1, 0.15) is 51.6 Å². The molecule has 2 heteroatoms. The molecule has 1 aromatic carbocycles. The summed E-state index contributed by atoms with van der Waals surface area (Å²) in [5, 5.41) is 3.67. The first-order valence-electron chi connectivity index (χ1n) is 7.67. The number of rotatable bonds is 9. The van der Waals surface area contributed by atoms with Crippen molar-refractivity contribution in [2.45, 2.75) is 52.1 Å². The van der Waals surface area contributed by atoms with Crippen LogP contribution in [0.25, 0.3) is 0 Å². The van der Waals surface area contributed by atoms with Gasteiger partial charge in [0, 0.05) is 18.6 Å². The molecule has 19 heavy (non-hydrogen) atoms. The van der Waals surface area contributed by atoms with Gasteiger partial charge >= 0.3 is 0 Å². The lowest BCUT2D eigenvalue weighted by atomic mass is 10.0. The van der Waals surface area contributed by atoms with E-state index in [2.05, 4.69) is 68.4 Å². The zero-order valence-electron chi connectivity index (χ0n) is 13.0. The molecular weight excluding hydrogens is 232 g/mol. The van der Waals surface area contributed by atoms with Gasteiger partial charge < -0.3 is 10.2 Å². The Morgan fingerprint density at radius 3 is 2.37 bits per heavy atom. The van der Waals surface area contributed by atoms with Gasteiger partial charge in [-0.3, -0.25) is 0 Å². The van der Waals surface area contributed by atoms with Crippen LogP contribution in [0, 0.1) is 0 Å². The minimum absolute atomic E-state index is 0.436. The van der Waals surface area contributed by atoms with Crippen LogP contribution in [0.4, 0.5) is 0 Å². The fourth-order valence-corrected chi connectivity index (χ4v) is 2.40. The minimum Gasteiger partial charge on any atom is -0.309 e. The maximum atomic E-state index is 3.67. The third-order valence-corrected chi connectivity index (χ3v) is 3.77. The molecule has 0 bridgehead atoms. The molecule has 0 heterocycles. The normalized spacial score (nSPS) is 14.6. The maximum absolute atomic E-state index is 3.67. The van der Waals surface area contributed by atoms with E-state index in [1.807, 2.05) is 0 Å². The third kappa shape index (κ3) is 5.75. The van der Waals surface area contributed by atoms with Crippen LogP contribution < -0.4 is 5.32 Å². The van der Waals surface area contributed by atoms with Gasteiger partial charge in [-0.1, -0.05) is 50.6 Å². The zero-order valence-corrected chi connectivity index (χ0v) is 13.0. The molecule has 1 rings (SSSR count). The molecule has 1 aromatic rings. The Labute approximate surface area is 119 Å². The van der Waals surface area contributed by atoms with E-state index < -0.39 is 0 Å². The molecule has 0 amide bonds. The highest BCUT2D eigenvalue weighted by molar-refractivity contribution is 5.19. The van der Waals surface area contributed by atoms with Crippen molar-refractivity contribution in [1.82, 2.24) is 10.2 Å². The summed E-state index contributed by atoms with van der Waals surface area (Å²) in [7, 11) is 2.24. The van der Waals surface area contributed by atoms with Gasteiger partial charge in [-0.15, -0.1) is 0 Å². The minimum atomic E-state index is 0.436. The van der Waals surface area contributed by atoms with Crippen LogP contribution in [0.15, 0.2) is 30.3 Å². The van der Waals surface area contributed by atoms with Crippen molar-refractivity contribution in [1.29, 1.82) is 0 Å². The molecular formula is C17H30N2. The summed E-state index contributed by atoms with van der Waals surface area (Å²) in [4.78, 5) is 2.48. The van der Waals surface area contributed by atoms with E-state index in [1.165, 1.54) is 24.8 Å². The van der Waals surface area contributed by atoms with Crippen molar-refractivity contribution in [2.75, 3.05) is 20.1 Å². The van der Waals surface area contributed by atoms with Gasteiger partial charge in [0.1, 0.15) is 0 Å². The van der Waals surface area contributed by atoms with Crippen LogP contribution in [0.5, 0.6) is 0 Å². The Bertz CT molecular complexity index is 323. The first kappa shape index (κ1) is 16.2. The van der Waals surface area contributed by atoms with Gasteiger partial charge in [0.2, 0.25) is 0 Å². The van der Waals surface area contributed by atoms with Crippen LogP contribution in [0.3, 0.4) is 0 Å². The van der Waals surface area contributed by atoms with Crippen LogP contribution in [0.2, 0.25) is 0 Å². The largest absolute Gasteiger partial charge is 0.309 e. The average molecular weight is 262 g/mol. The molecule has 2 atom stereocenters. The lowest BCUT2D eigenvalue weighted by molar-refractivity contribution is 0.219. The van der Waals surface area contributed by atoms with Crippen molar-refractivity contribution in [3.63, 3.8) is 0 Å². The van der Waals surface area contributed by atoms with Gasteiger partial charge in [-0.2, -0.15) is 0 Å². The Balaban J connectivity index is 2.64. The SMILES string of the molecule is CCCNC(CN(C)C(C)CCC)c1ccccc1. The Morgan fingerprint density at radius 1 is 1.11 bits per heavy atom. The van der Waals surface area contributed by atoms with Gasteiger partial charge in [0.25, 0.3) is 0 Å². The molecule has 1 N–H and O–H groups in total. The molecule has 0 spiro atoms. The maximum Gasteiger partial charge on any atom is 0.0449 e. The lowest BCUT2D eigenvalue weighted by Gasteiger charge is -2.30. The van der Waals surface area contributed by atoms with E-state index in [0.29, 0.717) is 12.1 Å². The molecule has 0 aromatic heterocycles. The lowest BCUT2D eigenvalue weighted by Crippen LogP contribution is -2.38. The number of nitrogens with one attached hydrogen (secondary N) is 1.